The first-order valence-electron chi connectivity index (χ1n) is 9.16. The molecule has 0 aromatic heterocycles. The van der Waals surface area contributed by atoms with Crippen LogP contribution in [-0.4, -0.2) is 49.1 Å². The first-order chi connectivity index (χ1) is 9.74. The van der Waals surface area contributed by atoms with Gasteiger partial charge < -0.3 is 9.80 Å². The van der Waals surface area contributed by atoms with Crippen molar-refractivity contribution in [3.05, 3.63) is 0 Å². The lowest BCUT2D eigenvalue weighted by atomic mass is 10.1. The Labute approximate surface area is 127 Å². The smallest absolute Gasteiger partial charge is 0.0192 e. The minimum atomic E-state index is 0.742. The Bertz CT molecular complexity index is 217. The zero-order valence-electron chi connectivity index (χ0n) is 14.4. The number of nitrogens with zero attached hydrogens (tertiary/aromatic N) is 2. The van der Waals surface area contributed by atoms with Crippen LogP contribution in [0.4, 0.5) is 0 Å². The van der Waals surface area contributed by atoms with E-state index in [2.05, 4.69) is 30.7 Å². The summed E-state index contributed by atoms with van der Waals surface area (Å²) in [4.78, 5) is 5.14. The van der Waals surface area contributed by atoms with E-state index in [9.17, 15) is 0 Å². The average molecular weight is 283 g/mol. The van der Waals surface area contributed by atoms with Crippen LogP contribution >= 0.6 is 0 Å². The summed E-state index contributed by atoms with van der Waals surface area (Å²) >= 11 is 0. The van der Waals surface area contributed by atoms with Gasteiger partial charge in [0.15, 0.2) is 0 Å². The van der Waals surface area contributed by atoms with Crippen molar-refractivity contribution in [2.75, 3.05) is 33.2 Å². The topological polar surface area (TPSA) is 6.48 Å². The van der Waals surface area contributed by atoms with Crippen molar-refractivity contribution in [1.29, 1.82) is 0 Å². The normalized spacial score (nSPS) is 21.4. The SMILES string of the molecule is CCCCCCCCCCCCN1CCN(C)C(C)C1. The number of piperazine rings is 1. The van der Waals surface area contributed by atoms with Crippen LogP contribution < -0.4 is 0 Å². The van der Waals surface area contributed by atoms with Gasteiger partial charge in [-0.2, -0.15) is 0 Å². The Morgan fingerprint density at radius 1 is 0.800 bits per heavy atom. The zero-order valence-corrected chi connectivity index (χ0v) is 14.4. The van der Waals surface area contributed by atoms with E-state index < -0.39 is 0 Å². The maximum absolute atomic E-state index is 2.66. The standard InChI is InChI=1S/C18H38N2/c1-4-5-6-7-8-9-10-11-12-13-14-20-16-15-19(3)18(2)17-20/h18H,4-17H2,1-3H3. The van der Waals surface area contributed by atoms with E-state index >= 15 is 0 Å². The summed E-state index contributed by atoms with van der Waals surface area (Å²) < 4.78 is 0. The molecule has 1 atom stereocenters. The number of rotatable bonds is 11. The molecular formula is C18H38N2. The van der Waals surface area contributed by atoms with E-state index in [-0.39, 0.29) is 0 Å². The number of unbranched alkanes of at least 4 members (excludes halogenated alkanes) is 9. The molecule has 1 rings (SSSR count). The number of hydrogen-bond acceptors (Lipinski definition) is 2. The van der Waals surface area contributed by atoms with Crippen molar-refractivity contribution in [3.8, 4) is 0 Å². The molecule has 1 unspecified atom stereocenters. The third-order valence-corrected chi connectivity index (χ3v) is 4.87. The molecular weight excluding hydrogens is 244 g/mol. The molecule has 0 bridgehead atoms. The molecule has 1 saturated heterocycles. The summed E-state index contributed by atoms with van der Waals surface area (Å²) in [6.07, 6.45) is 14.4. The molecule has 0 aromatic rings. The van der Waals surface area contributed by atoms with E-state index in [1.165, 1.54) is 90.4 Å². The molecule has 0 amide bonds. The summed E-state index contributed by atoms with van der Waals surface area (Å²) in [5.74, 6) is 0. The Kier molecular flexibility index (Phi) is 10.4. The minimum Gasteiger partial charge on any atom is -0.301 e. The second-order valence-corrected chi connectivity index (χ2v) is 6.81. The first kappa shape index (κ1) is 18.0. The Hall–Kier alpha value is -0.0800. The van der Waals surface area contributed by atoms with E-state index in [0.717, 1.165) is 6.04 Å². The molecule has 0 saturated carbocycles. The molecule has 0 radical (unpaired) electrons. The van der Waals surface area contributed by atoms with Gasteiger partial charge in [0.25, 0.3) is 0 Å². The minimum absolute atomic E-state index is 0.742. The molecule has 2 nitrogen and oxygen atoms in total. The van der Waals surface area contributed by atoms with Crippen LogP contribution in [0.3, 0.4) is 0 Å². The summed E-state index contributed by atoms with van der Waals surface area (Å²) in [7, 11) is 2.25. The lowest BCUT2D eigenvalue weighted by molar-refractivity contribution is 0.104. The summed E-state index contributed by atoms with van der Waals surface area (Å²) in [6, 6.07) is 0.742. The van der Waals surface area contributed by atoms with Crippen molar-refractivity contribution in [2.45, 2.75) is 84.1 Å². The monoisotopic (exact) mass is 282 g/mol. The van der Waals surface area contributed by atoms with Gasteiger partial charge in [-0.05, 0) is 26.9 Å². The molecule has 1 aliphatic heterocycles. The lowest BCUT2D eigenvalue weighted by Gasteiger charge is -2.37. The van der Waals surface area contributed by atoms with Gasteiger partial charge in [0.2, 0.25) is 0 Å². The fourth-order valence-corrected chi connectivity index (χ4v) is 3.15. The van der Waals surface area contributed by atoms with Crippen LogP contribution in [-0.2, 0) is 0 Å². The highest BCUT2D eigenvalue weighted by Crippen LogP contribution is 2.12. The van der Waals surface area contributed by atoms with E-state index in [0.29, 0.717) is 0 Å². The third kappa shape index (κ3) is 8.26. The molecule has 0 N–H and O–H groups in total. The summed E-state index contributed by atoms with van der Waals surface area (Å²) in [5.41, 5.74) is 0. The molecule has 1 aliphatic rings. The van der Waals surface area contributed by atoms with Crippen molar-refractivity contribution in [3.63, 3.8) is 0 Å². The highest BCUT2D eigenvalue weighted by atomic mass is 15.3. The van der Waals surface area contributed by atoms with Crippen molar-refractivity contribution in [1.82, 2.24) is 9.80 Å². The summed E-state index contributed by atoms with van der Waals surface area (Å²) in [5, 5.41) is 0. The number of likely N-dealkylation sites (N-methyl/N-ethyl adjacent to an activating group) is 1. The predicted octanol–water partition coefficient (Wildman–Crippen LogP) is 4.54. The average Bonchev–Trinajstić information content (AvgIpc) is 2.45. The number of hydrogen-bond donors (Lipinski definition) is 0. The van der Waals surface area contributed by atoms with Crippen LogP contribution in [0.1, 0.15) is 78.1 Å². The maximum Gasteiger partial charge on any atom is 0.0192 e. The van der Waals surface area contributed by atoms with Gasteiger partial charge in [-0.1, -0.05) is 64.7 Å². The van der Waals surface area contributed by atoms with E-state index in [1.807, 2.05) is 0 Å². The molecule has 1 heterocycles. The van der Waals surface area contributed by atoms with Crippen molar-refractivity contribution >= 4 is 0 Å². The van der Waals surface area contributed by atoms with Gasteiger partial charge in [-0.15, -0.1) is 0 Å². The molecule has 120 valence electrons. The van der Waals surface area contributed by atoms with Gasteiger partial charge in [0, 0.05) is 25.7 Å². The molecule has 2 heteroatoms. The lowest BCUT2D eigenvalue weighted by Crippen LogP contribution is -2.50. The van der Waals surface area contributed by atoms with Gasteiger partial charge in [0.05, 0.1) is 0 Å². The molecule has 0 spiro atoms. The quantitative estimate of drug-likeness (QED) is 0.513. The molecule has 1 fully saturated rings. The Morgan fingerprint density at radius 3 is 1.90 bits per heavy atom. The van der Waals surface area contributed by atoms with Crippen LogP contribution in [0.25, 0.3) is 0 Å². The fraction of sp³-hybridized carbons (Fsp3) is 1.00. The maximum atomic E-state index is 2.66. The first-order valence-corrected chi connectivity index (χ1v) is 9.16. The molecule has 20 heavy (non-hydrogen) atoms. The van der Waals surface area contributed by atoms with Gasteiger partial charge >= 0.3 is 0 Å². The predicted molar refractivity (Wildman–Crippen MR) is 90.4 cm³/mol. The Morgan fingerprint density at radius 2 is 1.35 bits per heavy atom. The van der Waals surface area contributed by atoms with Crippen LogP contribution in [0, 0.1) is 0 Å². The zero-order chi connectivity index (χ0) is 14.6. The highest BCUT2D eigenvalue weighted by molar-refractivity contribution is 4.76. The summed E-state index contributed by atoms with van der Waals surface area (Å²) in [6.45, 7) is 9.77. The van der Waals surface area contributed by atoms with Gasteiger partial charge in [0.1, 0.15) is 0 Å². The van der Waals surface area contributed by atoms with Crippen molar-refractivity contribution in [2.24, 2.45) is 0 Å². The largest absolute Gasteiger partial charge is 0.301 e. The van der Waals surface area contributed by atoms with Crippen molar-refractivity contribution < 1.29 is 0 Å². The van der Waals surface area contributed by atoms with E-state index in [1.54, 1.807) is 0 Å². The van der Waals surface area contributed by atoms with Gasteiger partial charge in [-0.25, -0.2) is 0 Å². The second-order valence-electron chi connectivity index (χ2n) is 6.81. The van der Waals surface area contributed by atoms with Crippen LogP contribution in [0.5, 0.6) is 0 Å². The Balaban J connectivity index is 1.83. The fourth-order valence-electron chi connectivity index (χ4n) is 3.15. The molecule has 0 aliphatic carbocycles. The van der Waals surface area contributed by atoms with Crippen LogP contribution in [0.15, 0.2) is 0 Å². The third-order valence-electron chi connectivity index (χ3n) is 4.87. The molecule has 0 aromatic carbocycles. The van der Waals surface area contributed by atoms with Crippen LogP contribution in [0.2, 0.25) is 0 Å². The second kappa shape index (κ2) is 11.6. The van der Waals surface area contributed by atoms with Gasteiger partial charge in [-0.3, -0.25) is 0 Å². The van der Waals surface area contributed by atoms with E-state index in [4.69, 9.17) is 0 Å². The highest BCUT2D eigenvalue weighted by Gasteiger charge is 2.19.